The Morgan fingerprint density at radius 2 is 2.00 bits per heavy atom. The number of pyridine rings is 1. The molecule has 2 aromatic rings. The molecule has 21 heavy (non-hydrogen) atoms. The van der Waals surface area contributed by atoms with Crippen molar-refractivity contribution in [2.45, 2.75) is 25.8 Å². The molecule has 1 aromatic carbocycles. The van der Waals surface area contributed by atoms with E-state index < -0.39 is 0 Å². The van der Waals surface area contributed by atoms with Crippen LogP contribution in [-0.2, 0) is 0 Å². The van der Waals surface area contributed by atoms with Gasteiger partial charge in [0, 0.05) is 28.1 Å². The van der Waals surface area contributed by atoms with Gasteiger partial charge in [-0.3, -0.25) is 9.78 Å². The molecule has 0 aliphatic heterocycles. The Hall–Kier alpha value is -1.88. The number of aryl methyl sites for hydroxylation is 1. The summed E-state index contributed by atoms with van der Waals surface area (Å²) in [7, 11) is 0. The van der Waals surface area contributed by atoms with Crippen LogP contribution in [0.3, 0.4) is 0 Å². The van der Waals surface area contributed by atoms with Crippen molar-refractivity contribution < 1.29 is 4.79 Å². The second-order valence-corrected chi connectivity index (χ2v) is 6.12. The van der Waals surface area contributed by atoms with Gasteiger partial charge in [-0.1, -0.05) is 15.9 Å². The Balaban J connectivity index is 1.75. The van der Waals surface area contributed by atoms with E-state index >= 15 is 0 Å². The highest BCUT2D eigenvalue weighted by Crippen LogP contribution is 2.23. The van der Waals surface area contributed by atoms with Crippen molar-refractivity contribution in [3.8, 4) is 0 Å². The fourth-order valence-corrected chi connectivity index (χ4v) is 2.26. The molecule has 3 rings (SSSR count). The standard InChI is InChI=1S/C16H16BrN3O/c1-10-8-12(4-5-14(10)17)19-13-6-7-18-15(9-13)16(21)20-11-2-3-11/h4-9,11H,2-3H2,1H3,(H,18,19)(H,20,21). The van der Waals surface area contributed by atoms with Crippen LogP contribution in [0.1, 0.15) is 28.9 Å². The van der Waals surface area contributed by atoms with Crippen LogP contribution in [-0.4, -0.2) is 16.9 Å². The van der Waals surface area contributed by atoms with Crippen LogP contribution in [0.2, 0.25) is 0 Å². The van der Waals surface area contributed by atoms with Crippen molar-refractivity contribution in [2.75, 3.05) is 5.32 Å². The van der Waals surface area contributed by atoms with Gasteiger partial charge in [-0.2, -0.15) is 0 Å². The minimum Gasteiger partial charge on any atom is -0.355 e. The van der Waals surface area contributed by atoms with E-state index in [1.54, 1.807) is 12.3 Å². The third-order valence-corrected chi connectivity index (χ3v) is 4.24. The Bertz CT molecular complexity index is 683. The fraction of sp³-hybridized carbons (Fsp3) is 0.250. The number of nitrogens with one attached hydrogen (secondary N) is 2. The van der Waals surface area contributed by atoms with Crippen molar-refractivity contribution >= 4 is 33.2 Å². The lowest BCUT2D eigenvalue weighted by Gasteiger charge is -2.09. The smallest absolute Gasteiger partial charge is 0.270 e. The molecule has 108 valence electrons. The van der Waals surface area contributed by atoms with Crippen LogP contribution in [0, 0.1) is 6.92 Å². The lowest BCUT2D eigenvalue weighted by molar-refractivity contribution is 0.0946. The number of hydrogen-bond donors (Lipinski definition) is 2. The molecule has 1 fully saturated rings. The molecule has 5 heteroatoms. The van der Waals surface area contributed by atoms with Gasteiger partial charge in [0.1, 0.15) is 5.69 Å². The van der Waals surface area contributed by atoms with E-state index in [0.717, 1.165) is 34.3 Å². The molecule has 1 amide bonds. The number of hydrogen-bond acceptors (Lipinski definition) is 3. The van der Waals surface area contributed by atoms with Crippen molar-refractivity contribution in [2.24, 2.45) is 0 Å². The quantitative estimate of drug-likeness (QED) is 0.886. The summed E-state index contributed by atoms with van der Waals surface area (Å²) in [6.45, 7) is 2.04. The lowest BCUT2D eigenvalue weighted by Crippen LogP contribution is -2.26. The minimum atomic E-state index is -0.104. The van der Waals surface area contributed by atoms with Crippen LogP contribution in [0.4, 0.5) is 11.4 Å². The van der Waals surface area contributed by atoms with Gasteiger partial charge in [-0.15, -0.1) is 0 Å². The number of halogens is 1. The molecule has 0 atom stereocenters. The number of anilines is 2. The van der Waals surface area contributed by atoms with Gasteiger partial charge in [0.25, 0.3) is 5.91 Å². The maximum Gasteiger partial charge on any atom is 0.270 e. The fourth-order valence-electron chi connectivity index (χ4n) is 2.01. The highest BCUT2D eigenvalue weighted by atomic mass is 79.9. The summed E-state index contributed by atoms with van der Waals surface area (Å²) in [6.07, 6.45) is 3.79. The number of carbonyl (C=O) groups is 1. The van der Waals surface area contributed by atoms with E-state index in [-0.39, 0.29) is 5.91 Å². The summed E-state index contributed by atoms with van der Waals surface area (Å²) in [4.78, 5) is 16.1. The largest absolute Gasteiger partial charge is 0.355 e. The maximum atomic E-state index is 12.0. The number of rotatable bonds is 4. The zero-order valence-electron chi connectivity index (χ0n) is 11.7. The summed E-state index contributed by atoms with van der Waals surface area (Å²) < 4.78 is 1.08. The summed E-state index contributed by atoms with van der Waals surface area (Å²) in [5.74, 6) is -0.104. The second-order valence-electron chi connectivity index (χ2n) is 5.27. The predicted octanol–water partition coefficient (Wildman–Crippen LogP) is 3.79. The predicted molar refractivity (Wildman–Crippen MR) is 86.9 cm³/mol. The molecular weight excluding hydrogens is 330 g/mol. The van der Waals surface area contributed by atoms with Gasteiger partial charge in [0.15, 0.2) is 0 Å². The maximum absolute atomic E-state index is 12.0. The molecule has 0 saturated heterocycles. The first kappa shape index (κ1) is 14.1. The van der Waals surface area contributed by atoms with Crippen LogP contribution < -0.4 is 10.6 Å². The molecular formula is C16H16BrN3O. The third kappa shape index (κ3) is 3.61. The van der Waals surface area contributed by atoms with E-state index in [2.05, 4.69) is 37.6 Å². The van der Waals surface area contributed by atoms with Gasteiger partial charge in [0.05, 0.1) is 0 Å². The summed E-state index contributed by atoms with van der Waals surface area (Å²) >= 11 is 3.48. The van der Waals surface area contributed by atoms with Gasteiger partial charge < -0.3 is 10.6 Å². The Morgan fingerprint density at radius 1 is 1.24 bits per heavy atom. The van der Waals surface area contributed by atoms with Crippen molar-refractivity contribution in [1.29, 1.82) is 0 Å². The monoisotopic (exact) mass is 345 g/mol. The SMILES string of the molecule is Cc1cc(Nc2ccnc(C(=O)NC3CC3)c2)ccc1Br. The van der Waals surface area contributed by atoms with Crippen LogP contribution in [0.25, 0.3) is 0 Å². The van der Waals surface area contributed by atoms with Crippen LogP contribution in [0.15, 0.2) is 41.0 Å². The first-order valence-electron chi connectivity index (χ1n) is 6.92. The van der Waals surface area contributed by atoms with Gasteiger partial charge in [0.2, 0.25) is 0 Å². The molecule has 1 heterocycles. The molecule has 4 nitrogen and oxygen atoms in total. The van der Waals surface area contributed by atoms with Crippen molar-refractivity contribution in [3.63, 3.8) is 0 Å². The van der Waals surface area contributed by atoms with Crippen molar-refractivity contribution in [3.05, 3.63) is 52.3 Å². The van der Waals surface area contributed by atoms with Crippen LogP contribution in [0.5, 0.6) is 0 Å². The van der Waals surface area contributed by atoms with Gasteiger partial charge >= 0.3 is 0 Å². The molecule has 1 aromatic heterocycles. The lowest BCUT2D eigenvalue weighted by atomic mass is 10.2. The third-order valence-electron chi connectivity index (χ3n) is 3.35. The summed E-state index contributed by atoms with van der Waals surface area (Å²) in [5, 5.41) is 6.24. The van der Waals surface area contributed by atoms with Gasteiger partial charge in [-0.25, -0.2) is 0 Å². The van der Waals surface area contributed by atoms with Gasteiger partial charge in [-0.05, 0) is 55.7 Å². The summed E-state index contributed by atoms with van der Waals surface area (Å²) in [6, 6.07) is 10.0. The van der Waals surface area contributed by atoms with E-state index in [1.165, 1.54) is 0 Å². The molecule has 0 radical (unpaired) electrons. The van der Waals surface area contributed by atoms with E-state index in [9.17, 15) is 4.79 Å². The topological polar surface area (TPSA) is 54.0 Å². The molecule has 1 saturated carbocycles. The van der Waals surface area contributed by atoms with E-state index in [1.807, 2.05) is 25.1 Å². The molecule has 0 spiro atoms. The summed E-state index contributed by atoms with van der Waals surface area (Å²) in [5.41, 5.74) is 3.43. The number of aromatic nitrogens is 1. The number of carbonyl (C=O) groups excluding carboxylic acids is 1. The first-order chi connectivity index (χ1) is 10.1. The Labute approximate surface area is 132 Å². The first-order valence-corrected chi connectivity index (χ1v) is 7.71. The Kier molecular flexibility index (Phi) is 3.92. The van der Waals surface area contributed by atoms with E-state index in [0.29, 0.717) is 11.7 Å². The molecule has 0 unspecified atom stereocenters. The molecule has 1 aliphatic carbocycles. The second kappa shape index (κ2) is 5.85. The van der Waals surface area contributed by atoms with Crippen molar-refractivity contribution in [1.82, 2.24) is 10.3 Å². The molecule has 0 bridgehead atoms. The van der Waals surface area contributed by atoms with Crippen LogP contribution >= 0.6 is 15.9 Å². The number of benzene rings is 1. The number of nitrogens with zero attached hydrogens (tertiary/aromatic N) is 1. The normalized spacial score (nSPS) is 13.8. The zero-order valence-corrected chi connectivity index (χ0v) is 13.3. The minimum absolute atomic E-state index is 0.104. The average Bonchev–Trinajstić information content (AvgIpc) is 3.27. The molecule has 2 N–H and O–H groups in total. The number of amides is 1. The molecule has 1 aliphatic rings. The Morgan fingerprint density at radius 3 is 2.71 bits per heavy atom. The van der Waals surface area contributed by atoms with E-state index in [4.69, 9.17) is 0 Å². The highest BCUT2D eigenvalue weighted by molar-refractivity contribution is 9.10. The highest BCUT2D eigenvalue weighted by Gasteiger charge is 2.24. The zero-order chi connectivity index (χ0) is 14.8. The average molecular weight is 346 g/mol.